The molecule has 4 aliphatic rings. The van der Waals surface area contributed by atoms with Crippen LogP contribution >= 0.6 is 35.1 Å². The molecule has 4 bridgehead atoms. The van der Waals surface area contributed by atoms with E-state index in [2.05, 4.69) is 21.3 Å². The van der Waals surface area contributed by atoms with Crippen molar-refractivity contribution >= 4 is 99.6 Å². The quantitative estimate of drug-likeness (QED) is 0.0345. The van der Waals surface area contributed by atoms with E-state index in [1.165, 1.54) is 92.8 Å². The average Bonchev–Trinajstić information content (AvgIpc) is 1.60. The fraction of sp³-hybridized carbons (Fsp3) is 0.571. The van der Waals surface area contributed by atoms with Gasteiger partial charge in [-0.25, -0.2) is 19.2 Å². The van der Waals surface area contributed by atoms with Gasteiger partial charge in [-0.2, -0.15) is 11.8 Å². The summed E-state index contributed by atoms with van der Waals surface area (Å²) < 4.78 is 40.7. The number of esters is 1. The van der Waals surface area contributed by atoms with E-state index in [0.29, 0.717) is 23.4 Å². The van der Waals surface area contributed by atoms with Crippen LogP contribution in [-0.2, 0) is 60.7 Å². The van der Waals surface area contributed by atoms with Crippen LogP contribution in [0.25, 0.3) is 0 Å². The third-order valence-corrected chi connectivity index (χ3v) is 18.2. The Bertz CT molecular complexity index is 3060. The summed E-state index contributed by atoms with van der Waals surface area (Å²) in [6.07, 6.45) is 9.05. The first-order valence-electron chi connectivity index (χ1n) is 30.1. The van der Waals surface area contributed by atoms with Crippen molar-refractivity contribution in [1.29, 1.82) is 0 Å². The first kappa shape index (κ1) is 73.0. The molecule has 6 rings (SSSR count). The highest BCUT2D eigenvalue weighted by Crippen LogP contribution is 2.49. The number of aliphatic hydroxyl groups is 1. The van der Waals surface area contributed by atoms with Crippen LogP contribution in [0.15, 0.2) is 66.3 Å². The molecule has 8 amide bonds. The van der Waals surface area contributed by atoms with Gasteiger partial charge in [-0.05, 0) is 88.1 Å². The third kappa shape index (κ3) is 20.7. The van der Waals surface area contributed by atoms with E-state index in [1.54, 1.807) is 50.5 Å². The van der Waals surface area contributed by atoms with Gasteiger partial charge in [0.05, 0.1) is 42.8 Å². The number of allylic oxidation sites excluding steroid dienone is 4. The molecule has 2 saturated heterocycles. The molecule has 2 aromatic rings. The second-order valence-corrected chi connectivity index (χ2v) is 25.6. The van der Waals surface area contributed by atoms with E-state index in [0.717, 1.165) is 55.0 Å². The minimum atomic E-state index is -1.90. The van der Waals surface area contributed by atoms with Crippen molar-refractivity contribution in [3.05, 3.63) is 82.4 Å². The van der Waals surface area contributed by atoms with Crippen molar-refractivity contribution in [2.24, 2.45) is 5.92 Å². The summed E-state index contributed by atoms with van der Waals surface area (Å²) in [5, 5.41) is 22.5. The molecule has 1 unspecified atom stereocenters. The summed E-state index contributed by atoms with van der Waals surface area (Å²) in [6, 6.07) is 6.69. The number of methoxy groups -OCH3 is 2. The summed E-state index contributed by atoms with van der Waals surface area (Å²) in [6.45, 7) is 6.80. The van der Waals surface area contributed by atoms with Gasteiger partial charge in [-0.15, -0.1) is 0 Å². The standard InChI is InChI=1S/C63H87ClN8O17S2/c1-38-18-17-21-49(84-10)63(82)35-48(87-59(79)68-63)39(2)56-62(4,89-56)50(34-54(76)72(8)45-32-42(30-38)33-47(83-9)55(45)64)88-57(77)40(3)71(7)53(75)25-29-91-61(81)70(6)28-27-69(5)60(80)85-36-41-22-23-46(86-58(78)66-43-19-15-13-12-14-16-20-43)44(31-41)67-51(73)24-26-65-52(74)37-90-11/h15,17-19,21-23,31-33,39-40,43,48-50,56,82H,12-14,16,20,24-30,34-37H2,1-11H3,(H,65,74)(H,66,78)(H,67,73)(H,68,79)/b19-15+,21-17+,38-18+/t39-,40+,43?,48+,49-,50+,56+,62+,63+/m1/s1. The number of thioether (sulfide) groups is 2. The van der Waals surface area contributed by atoms with Crippen LogP contribution in [0.3, 0.4) is 0 Å². The Morgan fingerprint density at radius 2 is 1.73 bits per heavy atom. The molecule has 9 atom stereocenters. The maximum absolute atomic E-state index is 14.4. The van der Waals surface area contributed by atoms with Crippen LogP contribution in [0.5, 0.6) is 11.5 Å². The fourth-order valence-corrected chi connectivity index (χ4v) is 12.0. The minimum absolute atomic E-state index is 0.0344. The Hall–Kier alpha value is -7.04. The number of hydrogen-bond acceptors (Lipinski definition) is 19. The van der Waals surface area contributed by atoms with Crippen molar-refractivity contribution in [3.8, 4) is 11.5 Å². The number of carbonyl (C=O) groups excluding carboxylic acids is 9. The first-order chi connectivity index (χ1) is 43.2. The molecule has 28 heteroatoms. The second-order valence-electron chi connectivity index (χ2n) is 23.3. The molecule has 3 heterocycles. The lowest BCUT2D eigenvalue weighted by molar-refractivity contribution is -0.162. The van der Waals surface area contributed by atoms with Crippen molar-refractivity contribution in [2.45, 2.75) is 146 Å². The van der Waals surface area contributed by atoms with Crippen LogP contribution < -0.4 is 35.6 Å². The lowest BCUT2D eigenvalue weighted by Gasteiger charge is -2.42. The van der Waals surface area contributed by atoms with Gasteiger partial charge in [0.2, 0.25) is 23.6 Å². The molecule has 0 saturated carbocycles. The van der Waals surface area contributed by atoms with Gasteiger partial charge in [0.1, 0.15) is 47.3 Å². The lowest BCUT2D eigenvalue weighted by Crippen LogP contribution is -2.63. The topological polar surface area (TPSA) is 303 Å². The van der Waals surface area contributed by atoms with Crippen LogP contribution in [0, 0.1) is 5.92 Å². The van der Waals surface area contributed by atoms with E-state index in [-0.39, 0.29) is 85.4 Å². The number of hydrogen-bond donors (Lipinski definition) is 5. The van der Waals surface area contributed by atoms with E-state index in [4.69, 9.17) is 44.8 Å². The largest absolute Gasteiger partial charge is 0.495 e. The van der Waals surface area contributed by atoms with E-state index in [9.17, 15) is 48.3 Å². The highest BCUT2D eigenvalue weighted by atomic mass is 35.5. The van der Waals surface area contributed by atoms with Gasteiger partial charge < -0.3 is 73.8 Å². The molecule has 25 nitrogen and oxygen atoms in total. The molecular formula is C63H87ClN8O17S2. The number of halogens is 1. The highest BCUT2D eigenvalue weighted by Gasteiger charge is 2.64. The van der Waals surface area contributed by atoms with Crippen LogP contribution in [-0.4, -0.2) is 201 Å². The maximum Gasteiger partial charge on any atom is 0.413 e. The highest BCUT2D eigenvalue weighted by molar-refractivity contribution is 8.13. The first-order valence-corrected chi connectivity index (χ1v) is 32.9. The number of anilines is 2. The van der Waals surface area contributed by atoms with Gasteiger partial charge >= 0.3 is 24.2 Å². The van der Waals surface area contributed by atoms with Crippen LogP contribution in [0.4, 0.5) is 30.6 Å². The summed E-state index contributed by atoms with van der Waals surface area (Å²) in [4.78, 5) is 125. The lowest BCUT2D eigenvalue weighted by atomic mass is 9.83. The SMILES string of the molecule is COc1cc2cc(c1Cl)N(C)C(=O)C[C@H](OC(=O)[C@H](C)N(C)C(=O)CCSC(=O)N(C)CCN(C)C(=O)OCc1ccc(OC(=O)NC3/C=C/CCCCC3)c(NC(=O)CCNC(=O)CSC)c1)[C@]1(C)O[C@H]1[C@H](C)[C@@H]1C[C@@](O)(NC(=O)O1)[C@H](OC)/C=C/C=C(\C)C2. The number of alkyl carbamates (subject to hydrolysis) is 1. The van der Waals surface area contributed by atoms with Crippen molar-refractivity contribution < 1.29 is 81.4 Å². The molecule has 5 N–H and O–H groups in total. The van der Waals surface area contributed by atoms with Gasteiger partial charge in [0.25, 0.3) is 5.24 Å². The molecule has 0 aromatic heterocycles. The van der Waals surface area contributed by atoms with Gasteiger partial charge in [0, 0.05) is 85.9 Å². The number of fused-ring (bicyclic) bond motifs is 5. The van der Waals surface area contributed by atoms with Gasteiger partial charge in [0.15, 0.2) is 11.5 Å². The minimum Gasteiger partial charge on any atom is -0.495 e. The Morgan fingerprint density at radius 3 is 2.45 bits per heavy atom. The molecule has 500 valence electrons. The second kappa shape index (κ2) is 34.0. The predicted octanol–water partition coefficient (Wildman–Crippen LogP) is 7.74. The van der Waals surface area contributed by atoms with E-state index >= 15 is 0 Å². The van der Waals surface area contributed by atoms with Crippen LogP contribution in [0.2, 0.25) is 5.02 Å². The molecule has 3 aliphatic heterocycles. The monoisotopic (exact) mass is 1330 g/mol. The zero-order valence-corrected chi connectivity index (χ0v) is 56.0. The Balaban J connectivity index is 1.03. The number of carbonyl (C=O) groups is 9. The summed E-state index contributed by atoms with van der Waals surface area (Å²) in [5.74, 6) is -2.50. The zero-order valence-electron chi connectivity index (χ0n) is 53.6. The number of ether oxygens (including phenoxy) is 7. The summed E-state index contributed by atoms with van der Waals surface area (Å²) in [5.41, 5.74) is -0.677. The van der Waals surface area contributed by atoms with Crippen molar-refractivity contribution in [3.63, 3.8) is 0 Å². The number of epoxide rings is 1. The van der Waals surface area contributed by atoms with Gasteiger partial charge in [-0.3, -0.25) is 29.3 Å². The molecule has 2 aromatic carbocycles. The van der Waals surface area contributed by atoms with E-state index in [1.807, 2.05) is 25.2 Å². The number of amides is 8. The number of rotatable bonds is 21. The third-order valence-electron chi connectivity index (χ3n) is 16.4. The molecule has 2 fully saturated rings. The number of benzene rings is 2. The van der Waals surface area contributed by atoms with Crippen LogP contribution in [0.1, 0.15) is 96.6 Å². The smallest absolute Gasteiger partial charge is 0.413 e. The molecule has 0 radical (unpaired) electrons. The molecule has 0 spiro atoms. The summed E-state index contributed by atoms with van der Waals surface area (Å²) >= 11 is 9.05. The zero-order chi connectivity index (χ0) is 66.7. The van der Waals surface area contributed by atoms with Crippen molar-refractivity contribution in [1.82, 2.24) is 30.7 Å². The fourth-order valence-electron chi connectivity index (χ4n) is 10.6. The van der Waals surface area contributed by atoms with Crippen molar-refractivity contribution in [2.75, 3.05) is 90.0 Å². The molecular weight excluding hydrogens is 1240 g/mol. The normalized spacial score (nSPS) is 24.9. The number of nitrogens with one attached hydrogen (secondary N) is 4. The molecule has 1 aliphatic carbocycles. The Morgan fingerprint density at radius 1 is 0.978 bits per heavy atom. The molecule has 91 heavy (non-hydrogen) atoms. The Kier molecular flexibility index (Phi) is 27.3. The Labute approximate surface area is 545 Å². The predicted molar refractivity (Wildman–Crippen MR) is 345 cm³/mol. The number of likely N-dealkylation sites (N-methyl/N-ethyl adjacent to an activating group) is 3. The average molecular weight is 1330 g/mol. The maximum atomic E-state index is 14.4. The van der Waals surface area contributed by atoms with E-state index < -0.39 is 101 Å². The number of nitrogens with zero attached hydrogens (tertiary/aromatic N) is 4. The summed E-state index contributed by atoms with van der Waals surface area (Å²) in [7, 11) is 8.85. The van der Waals surface area contributed by atoms with Gasteiger partial charge in [-0.1, -0.05) is 85.1 Å².